The summed E-state index contributed by atoms with van der Waals surface area (Å²) in [5.74, 6) is -1.92. The Bertz CT molecular complexity index is 672. The predicted octanol–water partition coefficient (Wildman–Crippen LogP) is 1.24. The molecular weight excluding hydrogens is 328 g/mol. The third-order valence-electron chi connectivity index (χ3n) is 4.92. The summed E-state index contributed by atoms with van der Waals surface area (Å²) >= 11 is 1.60. The molecule has 0 radical (unpaired) electrons. The topological polar surface area (TPSA) is 77.9 Å². The predicted molar refractivity (Wildman–Crippen MR) is 89.6 cm³/mol. The second-order valence-electron chi connectivity index (χ2n) is 6.37. The van der Waals surface area contributed by atoms with Gasteiger partial charge < -0.3 is 14.9 Å². The Morgan fingerprint density at radius 2 is 2.25 bits per heavy atom. The van der Waals surface area contributed by atoms with Gasteiger partial charge in [0.15, 0.2) is 0 Å². The van der Waals surface area contributed by atoms with E-state index in [0.29, 0.717) is 19.4 Å². The lowest BCUT2D eigenvalue weighted by Gasteiger charge is -2.24. The first kappa shape index (κ1) is 16.7. The maximum atomic E-state index is 12.5. The molecule has 2 saturated heterocycles. The summed E-state index contributed by atoms with van der Waals surface area (Å²) in [5, 5.41) is 11.7. The molecule has 2 fully saturated rings. The molecule has 3 rings (SSSR count). The van der Waals surface area contributed by atoms with Crippen LogP contribution in [0.1, 0.15) is 11.3 Å². The van der Waals surface area contributed by atoms with Crippen molar-refractivity contribution in [2.75, 3.05) is 26.2 Å². The molecule has 6 nitrogen and oxygen atoms in total. The van der Waals surface area contributed by atoms with Crippen LogP contribution in [-0.4, -0.2) is 58.9 Å². The zero-order chi connectivity index (χ0) is 17.3. The molecule has 1 N–H and O–H groups in total. The fourth-order valence-electron chi connectivity index (χ4n) is 3.65. The van der Waals surface area contributed by atoms with E-state index >= 15 is 0 Å². The first-order valence-electron chi connectivity index (χ1n) is 7.91. The van der Waals surface area contributed by atoms with Crippen molar-refractivity contribution in [2.24, 2.45) is 11.3 Å². The highest BCUT2D eigenvalue weighted by Gasteiger charge is 2.62. The fraction of sp³-hybridized carbons (Fsp3) is 0.471. The number of thiophene rings is 1. The number of rotatable bonds is 6. The monoisotopic (exact) mass is 348 g/mol. The molecule has 0 aromatic carbocycles. The summed E-state index contributed by atoms with van der Waals surface area (Å²) in [5.41, 5.74) is -1.18. The Hall–Kier alpha value is -2.15. The lowest BCUT2D eigenvalue weighted by atomic mass is 9.81. The van der Waals surface area contributed by atoms with E-state index in [1.807, 2.05) is 17.5 Å². The average Bonchev–Trinajstić information content (AvgIpc) is 3.24. The highest BCUT2D eigenvalue weighted by molar-refractivity contribution is 7.09. The van der Waals surface area contributed by atoms with Crippen molar-refractivity contribution in [1.29, 1.82) is 0 Å². The number of amides is 2. The number of hydrogen-bond acceptors (Lipinski definition) is 4. The zero-order valence-corrected chi connectivity index (χ0v) is 14.1. The van der Waals surface area contributed by atoms with Crippen LogP contribution in [0, 0.1) is 11.3 Å². The Balaban J connectivity index is 1.70. The fourth-order valence-corrected chi connectivity index (χ4v) is 4.36. The smallest absolute Gasteiger partial charge is 0.314 e. The van der Waals surface area contributed by atoms with E-state index in [1.165, 1.54) is 4.90 Å². The minimum atomic E-state index is -1.18. The number of carbonyl (C=O) groups excluding carboxylic acids is 2. The van der Waals surface area contributed by atoms with Crippen LogP contribution in [0.15, 0.2) is 30.2 Å². The molecule has 3 heterocycles. The van der Waals surface area contributed by atoms with Gasteiger partial charge in [-0.05, 0) is 17.9 Å². The van der Waals surface area contributed by atoms with Crippen molar-refractivity contribution in [3.05, 3.63) is 35.0 Å². The quantitative estimate of drug-likeness (QED) is 0.785. The normalized spacial score (nSPS) is 25.8. The van der Waals surface area contributed by atoms with Crippen LogP contribution in [0.5, 0.6) is 0 Å². The van der Waals surface area contributed by atoms with Gasteiger partial charge in [0.25, 0.3) is 0 Å². The Morgan fingerprint density at radius 3 is 2.83 bits per heavy atom. The van der Waals surface area contributed by atoms with E-state index in [0.717, 1.165) is 4.88 Å². The van der Waals surface area contributed by atoms with Gasteiger partial charge >= 0.3 is 5.97 Å². The summed E-state index contributed by atoms with van der Waals surface area (Å²) in [6.45, 7) is 4.40. The first-order chi connectivity index (χ1) is 11.5. The van der Waals surface area contributed by atoms with Gasteiger partial charge in [-0.3, -0.25) is 14.4 Å². The summed E-state index contributed by atoms with van der Waals surface area (Å²) in [7, 11) is 0. The van der Waals surface area contributed by atoms with E-state index in [1.54, 1.807) is 22.3 Å². The average molecular weight is 348 g/mol. The number of aryl methyl sites for hydroxylation is 1. The molecule has 2 amide bonds. The van der Waals surface area contributed by atoms with E-state index in [2.05, 4.69) is 6.58 Å². The Kier molecular flexibility index (Phi) is 4.45. The number of carbonyl (C=O) groups is 3. The number of likely N-dealkylation sites (tertiary alicyclic amines) is 2. The third-order valence-corrected chi connectivity index (χ3v) is 5.86. The minimum absolute atomic E-state index is 0.0819. The van der Waals surface area contributed by atoms with Crippen molar-refractivity contribution in [3.63, 3.8) is 0 Å². The molecule has 7 heteroatoms. The molecule has 24 heavy (non-hydrogen) atoms. The van der Waals surface area contributed by atoms with Crippen LogP contribution < -0.4 is 0 Å². The van der Waals surface area contributed by atoms with Gasteiger partial charge in [-0.15, -0.1) is 17.9 Å². The van der Waals surface area contributed by atoms with Crippen molar-refractivity contribution < 1.29 is 19.5 Å². The highest BCUT2D eigenvalue weighted by atomic mass is 32.1. The number of aliphatic carboxylic acids is 1. The lowest BCUT2D eigenvalue weighted by molar-refractivity contribution is -0.150. The Morgan fingerprint density at radius 1 is 1.46 bits per heavy atom. The number of carboxylic acid groups (broad SMARTS) is 1. The summed E-state index contributed by atoms with van der Waals surface area (Å²) in [4.78, 5) is 41.0. The summed E-state index contributed by atoms with van der Waals surface area (Å²) < 4.78 is 0. The van der Waals surface area contributed by atoms with Gasteiger partial charge in [0.2, 0.25) is 11.8 Å². The largest absolute Gasteiger partial charge is 0.481 e. The standard InChI is InChI=1S/C17H20N2O4S/c1-2-7-18-10-17(16(22)23)11-19(9-13(17)15(18)21)14(20)6-5-12-4-3-8-24-12/h2-4,8,13H,1,5-7,9-11H2,(H,22,23)/t13-,17+/m1/s1. The second kappa shape index (κ2) is 6.39. The van der Waals surface area contributed by atoms with Crippen molar-refractivity contribution >= 4 is 29.1 Å². The van der Waals surface area contributed by atoms with Gasteiger partial charge in [0, 0.05) is 37.5 Å². The van der Waals surface area contributed by atoms with E-state index in [4.69, 9.17) is 0 Å². The molecule has 0 unspecified atom stereocenters. The van der Waals surface area contributed by atoms with Crippen LogP contribution in [-0.2, 0) is 20.8 Å². The molecule has 1 aromatic heterocycles. The van der Waals surface area contributed by atoms with Gasteiger partial charge in [-0.25, -0.2) is 0 Å². The number of fused-ring (bicyclic) bond motifs is 1. The molecule has 0 aliphatic carbocycles. The van der Waals surface area contributed by atoms with E-state index in [-0.39, 0.29) is 31.4 Å². The van der Waals surface area contributed by atoms with Gasteiger partial charge in [-0.1, -0.05) is 12.1 Å². The van der Waals surface area contributed by atoms with Gasteiger partial charge in [0.1, 0.15) is 5.41 Å². The van der Waals surface area contributed by atoms with Crippen molar-refractivity contribution in [1.82, 2.24) is 9.80 Å². The maximum Gasteiger partial charge on any atom is 0.314 e. The molecule has 0 bridgehead atoms. The van der Waals surface area contributed by atoms with Crippen molar-refractivity contribution in [2.45, 2.75) is 12.8 Å². The molecule has 1 aromatic rings. The minimum Gasteiger partial charge on any atom is -0.481 e. The molecule has 128 valence electrons. The lowest BCUT2D eigenvalue weighted by Crippen LogP contribution is -2.42. The molecule has 2 aliphatic heterocycles. The van der Waals surface area contributed by atoms with Crippen molar-refractivity contribution in [3.8, 4) is 0 Å². The highest BCUT2D eigenvalue weighted by Crippen LogP contribution is 2.43. The second-order valence-corrected chi connectivity index (χ2v) is 7.41. The summed E-state index contributed by atoms with van der Waals surface area (Å²) in [6, 6.07) is 3.92. The number of carboxylic acids is 1. The molecule has 2 aliphatic rings. The van der Waals surface area contributed by atoms with Crippen LogP contribution in [0.2, 0.25) is 0 Å². The molecular formula is C17H20N2O4S. The van der Waals surface area contributed by atoms with Crippen LogP contribution in [0.3, 0.4) is 0 Å². The number of hydrogen-bond donors (Lipinski definition) is 1. The molecule has 0 saturated carbocycles. The van der Waals surface area contributed by atoms with Gasteiger partial charge in [0.05, 0.1) is 5.92 Å². The molecule has 2 atom stereocenters. The number of nitrogens with zero attached hydrogens (tertiary/aromatic N) is 2. The van der Waals surface area contributed by atoms with Crippen LogP contribution in [0.25, 0.3) is 0 Å². The van der Waals surface area contributed by atoms with E-state index < -0.39 is 17.3 Å². The first-order valence-corrected chi connectivity index (χ1v) is 8.79. The third kappa shape index (κ3) is 2.73. The van der Waals surface area contributed by atoms with E-state index in [9.17, 15) is 19.5 Å². The molecule has 0 spiro atoms. The Labute approximate surface area is 144 Å². The van der Waals surface area contributed by atoms with Crippen LogP contribution in [0.4, 0.5) is 0 Å². The summed E-state index contributed by atoms with van der Waals surface area (Å²) in [6.07, 6.45) is 2.58. The SMILES string of the molecule is C=CCN1C[C@]2(C(=O)O)CN(C(=O)CCc3cccs3)C[C@@H]2C1=O. The maximum absolute atomic E-state index is 12.5. The van der Waals surface area contributed by atoms with Crippen LogP contribution >= 0.6 is 11.3 Å². The van der Waals surface area contributed by atoms with Gasteiger partial charge in [-0.2, -0.15) is 0 Å². The zero-order valence-electron chi connectivity index (χ0n) is 13.3.